The number of esters is 1. The summed E-state index contributed by atoms with van der Waals surface area (Å²) in [7, 11) is 0. The molecule has 144 valence electrons. The van der Waals surface area contributed by atoms with Gasteiger partial charge in [-0.2, -0.15) is 0 Å². The number of carbonyl (C=O) groups is 3. The molecule has 26 heavy (non-hydrogen) atoms. The van der Waals surface area contributed by atoms with Crippen LogP contribution in [-0.4, -0.2) is 47.9 Å². The van der Waals surface area contributed by atoms with Crippen LogP contribution in [0.3, 0.4) is 0 Å². The molecule has 3 N–H and O–H groups in total. The zero-order valence-electron chi connectivity index (χ0n) is 15.3. The summed E-state index contributed by atoms with van der Waals surface area (Å²) in [5.74, 6) is -1.08. The second-order valence-electron chi connectivity index (χ2n) is 6.57. The average Bonchev–Trinajstić information content (AvgIpc) is 2.57. The van der Waals surface area contributed by atoms with Gasteiger partial charge in [0.2, 0.25) is 5.91 Å². The van der Waals surface area contributed by atoms with Crippen LogP contribution in [0.2, 0.25) is 0 Å². The number of rotatable bonds is 8. The molecular formula is C18H26N2O6. The normalized spacial score (nSPS) is 12.0. The number of benzene rings is 1. The lowest BCUT2D eigenvalue weighted by molar-refractivity contribution is -0.144. The fraction of sp³-hybridized carbons (Fsp3) is 0.500. The van der Waals surface area contributed by atoms with E-state index in [0.29, 0.717) is 0 Å². The quantitative estimate of drug-likeness (QED) is 0.594. The molecule has 0 aromatic heterocycles. The van der Waals surface area contributed by atoms with Gasteiger partial charge in [-0.05, 0) is 26.3 Å². The number of aliphatic hydroxyl groups is 1. The van der Waals surface area contributed by atoms with Crippen molar-refractivity contribution in [1.82, 2.24) is 10.6 Å². The number of alkyl carbamates (subject to hydrolysis) is 1. The highest BCUT2D eigenvalue weighted by atomic mass is 16.6. The third-order valence-electron chi connectivity index (χ3n) is 3.06. The van der Waals surface area contributed by atoms with Crippen molar-refractivity contribution in [2.45, 2.75) is 45.4 Å². The van der Waals surface area contributed by atoms with E-state index in [1.807, 2.05) is 30.3 Å². The molecule has 0 heterocycles. The minimum atomic E-state index is -1.16. The molecule has 0 aliphatic heterocycles. The summed E-state index contributed by atoms with van der Waals surface area (Å²) in [5, 5.41) is 14.0. The van der Waals surface area contributed by atoms with E-state index in [2.05, 4.69) is 10.6 Å². The molecule has 2 amide bonds. The van der Waals surface area contributed by atoms with Crippen LogP contribution in [0.1, 0.15) is 32.8 Å². The SMILES string of the molecule is CC(C)(C)OC(=O)NC(CO)C(=O)NCCC(=O)OCc1ccccc1. The molecule has 1 atom stereocenters. The van der Waals surface area contributed by atoms with Crippen LogP contribution in [0.4, 0.5) is 4.79 Å². The maximum absolute atomic E-state index is 11.9. The van der Waals surface area contributed by atoms with E-state index < -0.39 is 36.2 Å². The minimum absolute atomic E-state index is 0.0246. The van der Waals surface area contributed by atoms with Crippen molar-refractivity contribution in [3.63, 3.8) is 0 Å². The molecule has 0 saturated heterocycles. The van der Waals surface area contributed by atoms with E-state index in [0.717, 1.165) is 5.56 Å². The number of hydrogen-bond donors (Lipinski definition) is 3. The Morgan fingerprint density at radius 3 is 2.38 bits per heavy atom. The van der Waals surface area contributed by atoms with Crippen molar-refractivity contribution in [2.75, 3.05) is 13.2 Å². The van der Waals surface area contributed by atoms with E-state index in [1.165, 1.54) is 0 Å². The van der Waals surface area contributed by atoms with Gasteiger partial charge < -0.3 is 25.2 Å². The highest BCUT2D eigenvalue weighted by molar-refractivity contribution is 5.86. The number of amides is 2. The van der Waals surface area contributed by atoms with Gasteiger partial charge >= 0.3 is 12.1 Å². The third kappa shape index (κ3) is 9.03. The lowest BCUT2D eigenvalue weighted by Crippen LogP contribution is -2.50. The maximum Gasteiger partial charge on any atom is 0.408 e. The molecule has 0 saturated carbocycles. The lowest BCUT2D eigenvalue weighted by Gasteiger charge is -2.22. The fourth-order valence-corrected chi connectivity index (χ4v) is 1.87. The van der Waals surface area contributed by atoms with Crippen LogP contribution in [-0.2, 0) is 25.7 Å². The van der Waals surface area contributed by atoms with Crippen molar-refractivity contribution >= 4 is 18.0 Å². The van der Waals surface area contributed by atoms with Gasteiger partial charge in [0.05, 0.1) is 13.0 Å². The number of nitrogens with one attached hydrogen (secondary N) is 2. The topological polar surface area (TPSA) is 114 Å². The summed E-state index contributed by atoms with van der Waals surface area (Å²) in [4.78, 5) is 35.2. The zero-order chi connectivity index (χ0) is 19.6. The van der Waals surface area contributed by atoms with Crippen molar-refractivity contribution in [1.29, 1.82) is 0 Å². The Balaban J connectivity index is 2.30. The third-order valence-corrected chi connectivity index (χ3v) is 3.06. The van der Waals surface area contributed by atoms with Crippen molar-refractivity contribution in [2.24, 2.45) is 0 Å². The first-order valence-corrected chi connectivity index (χ1v) is 8.29. The van der Waals surface area contributed by atoms with Crippen molar-refractivity contribution in [3.05, 3.63) is 35.9 Å². The molecule has 0 aliphatic carbocycles. The Morgan fingerprint density at radius 2 is 1.81 bits per heavy atom. The predicted molar refractivity (Wildman–Crippen MR) is 94.1 cm³/mol. The highest BCUT2D eigenvalue weighted by Crippen LogP contribution is 2.06. The summed E-state index contributed by atoms with van der Waals surface area (Å²) >= 11 is 0. The summed E-state index contributed by atoms with van der Waals surface area (Å²) in [6, 6.07) is 8.06. The molecule has 1 unspecified atom stereocenters. The van der Waals surface area contributed by atoms with Gasteiger partial charge in [-0.3, -0.25) is 9.59 Å². The van der Waals surface area contributed by atoms with Gasteiger partial charge in [-0.25, -0.2) is 4.79 Å². The average molecular weight is 366 g/mol. The zero-order valence-corrected chi connectivity index (χ0v) is 15.3. The van der Waals surface area contributed by atoms with Crippen molar-refractivity contribution in [3.8, 4) is 0 Å². The van der Waals surface area contributed by atoms with E-state index in [1.54, 1.807) is 20.8 Å². The van der Waals surface area contributed by atoms with Gasteiger partial charge in [-0.1, -0.05) is 30.3 Å². The Kier molecular flexibility index (Phi) is 8.57. The molecule has 1 aromatic rings. The second kappa shape index (κ2) is 10.4. The van der Waals surface area contributed by atoms with E-state index >= 15 is 0 Å². The Labute approximate surface area is 152 Å². The summed E-state index contributed by atoms with van der Waals surface area (Å²) in [6.45, 7) is 4.64. The van der Waals surface area contributed by atoms with Crippen molar-refractivity contribution < 1.29 is 29.0 Å². The fourth-order valence-electron chi connectivity index (χ4n) is 1.87. The maximum atomic E-state index is 11.9. The molecule has 1 rings (SSSR count). The van der Waals surface area contributed by atoms with Crippen LogP contribution in [0.15, 0.2) is 30.3 Å². The molecule has 1 aromatic carbocycles. The number of aliphatic hydroxyl groups excluding tert-OH is 1. The summed E-state index contributed by atoms with van der Waals surface area (Å²) < 4.78 is 10.1. The van der Waals surface area contributed by atoms with Gasteiger partial charge in [0.15, 0.2) is 0 Å². The Hall–Kier alpha value is -2.61. The van der Waals surface area contributed by atoms with E-state index in [4.69, 9.17) is 9.47 Å². The smallest absolute Gasteiger partial charge is 0.408 e. The second-order valence-corrected chi connectivity index (χ2v) is 6.57. The van der Waals surface area contributed by atoms with Crippen LogP contribution in [0, 0.1) is 0 Å². The highest BCUT2D eigenvalue weighted by Gasteiger charge is 2.23. The lowest BCUT2D eigenvalue weighted by atomic mass is 10.2. The van der Waals surface area contributed by atoms with Gasteiger partial charge in [-0.15, -0.1) is 0 Å². The van der Waals surface area contributed by atoms with E-state index in [9.17, 15) is 19.5 Å². The van der Waals surface area contributed by atoms with Gasteiger partial charge in [0.1, 0.15) is 18.2 Å². The number of ether oxygens (including phenoxy) is 2. The van der Waals surface area contributed by atoms with Crippen LogP contribution < -0.4 is 10.6 Å². The molecule has 0 bridgehead atoms. The van der Waals surface area contributed by atoms with Gasteiger partial charge in [0, 0.05) is 6.54 Å². The van der Waals surface area contributed by atoms with Gasteiger partial charge in [0.25, 0.3) is 0 Å². The first-order chi connectivity index (χ1) is 12.2. The first kappa shape index (κ1) is 21.4. The van der Waals surface area contributed by atoms with E-state index in [-0.39, 0.29) is 19.6 Å². The number of carbonyl (C=O) groups excluding carboxylic acids is 3. The summed E-state index contributed by atoms with van der Waals surface area (Å²) in [5.41, 5.74) is 0.148. The Bertz CT molecular complexity index is 597. The van der Waals surface area contributed by atoms with Crippen LogP contribution in [0.5, 0.6) is 0 Å². The number of hydrogen-bond acceptors (Lipinski definition) is 6. The standard InChI is InChI=1S/C18H26N2O6/c1-18(2,3)26-17(24)20-14(11-21)16(23)19-10-9-15(22)25-12-13-7-5-4-6-8-13/h4-8,14,21H,9-12H2,1-3H3,(H,19,23)(H,20,24). The molecule has 8 nitrogen and oxygen atoms in total. The predicted octanol–water partition coefficient (Wildman–Crippen LogP) is 1.12. The Morgan fingerprint density at radius 1 is 1.15 bits per heavy atom. The largest absolute Gasteiger partial charge is 0.461 e. The molecule has 8 heteroatoms. The monoisotopic (exact) mass is 366 g/mol. The first-order valence-electron chi connectivity index (χ1n) is 8.29. The molecule has 0 spiro atoms. The molecule has 0 aliphatic rings. The minimum Gasteiger partial charge on any atom is -0.461 e. The summed E-state index contributed by atoms with van der Waals surface area (Å²) in [6.07, 6.45) is -0.836. The molecular weight excluding hydrogens is 340 g/mol. The molecule has 0 fully saturated rings. The molecule has 0 radical (unpaired) electrons. The van der Waals surface area contributed by atoms with Crippen LogP contribution in [0.25, 0.3) is 0 Å². The van der Waals surface area contributed by atoms with Crippen LogP contribution >= 0.6 is 0 Å².